The molecule has 3 N–H and O–H groups in total. The molecular formula is C19H22N4O4. The molecule has 1 aromatic heterocycles. The minimum Gasteiger partial charge on any atom is -0.380 e. The van der Waals surface area contributed by atoms with Gasteiger partial charge in [-0.05, 0) is 44.2 Å². The van der Waals surface area contributed by atoms with Crippen molar-refractivity contribution in [3.63, 3.8) is 0 Å². The van der Waals surface area contributed by atoms with Crippen molar-refractivity contribution in [1.82, 2.24) is 20.4 Å². The van der Waals surface area contributed by atoms with Gasteiger partial charge in [-0.15, -0.1) is 0 Å². The van der Waals surface area contributed by atoms with Gasteiger partial charge in [-0.1, -0.05) is 6.07 Å². The van der Waals surface area contributed by atoms with E-state index in [0.29, 0.717) is 42.3 Å². The molecule has 27 heavy (non-hydrogen) atoms. The van der Waals surface area contributed by atoms with Crippen LogP contribution in [0.3, 0.4) is 0 Å². The number of H-pyrrole nitrogens is 1. The van der Waals surface area contributed by atoms with Crippen LogP contribution in [0.5, 0.6) is 0 Å². The van der Waals surface area contributed by atoms with Crippen molar-refractivity contribution >= 4 is 22.6 Å². The average molecular weight is 370 g/mol. The Labute approximate surface area is 155 Å². The summed E-state index contributed by atoms with van der Waals surface area (Å²) in [5.41, 5.74) is -1.11. The maximum Gasteiger partial charge on any atom is 0.272 e. The second-order valence-corrected chi connectivity index (χ2v) is 7.45. The van der Waals surface area contributed by atoms with Gasteiger partial charge >= 0.3 is 0 Å². The predicted molar refractivity (Wildman–Crippen MR) is 98.2 cm³/mol. The molecule has 2 aliphatic rings. The van der Waals surface area contributed by atoms with Crippen LogP contribution >= 0.6 is 0 Å². The van der Waals surface area contributed by atoms with E-state index >= 15 is 0 Å². The average Bonchev–Trinajstić information content (AvgIpc) is 3.45. The van der Waals surface area contributed by atoms with Gasteiger partial charge in [-0.25, -0.2) is 5.10 Å². The molecular weight excluding hydrogens is 348 g/mol. The molecule has 8 heteroatoms. The van der Waals surface area contributed by atoms with Gasteiger partial charge in [-0.2, -0.15) is 5.10 Å². The van der Waals surface area contributed by atoms with Crippen LogP contribution in [0.1, 0.15) is 42.5 Å². The zero-order valence-electron chi connectivity index (χ0n) is 14.9. The summed E-state index contributed by atoms with van der Waals surface area (Å²) in [5.74, 6) is -0.508. The molecule has 1 atom stereocenters. The molecule has 1 aromatic carbocycles. The third-order valence-electron chi connectivity index (χ3n) is 5.35. The number of fused-ring (bicyclic) bond motifs is 1. The van der Waals surface area contributed by atoms with Crippen LogP contribution < -0.4 is 10.9 Å². The summed E-state index contributed by atoms with van der Waals surface area (Å²) in [4.78, 5) is 38.8. The first-order valence-electron chi connectivity index (χ1n) is 9.26. The van der Waals surface area contributed by atoms with Crippen LogP contribution in [0, 0.1) is 0 Å². The number of hydrogen-bond acceptors (Lipinski definition) is 5. The van der Waals surface area contributed by atoms with Crippen LogP contribution in [-0.2, 0) is 4.79 Å². The Morgan fingerprint density at radius 1 is 1.30 bits per heavy atom. The first kappa shape index (κ1) is 17.7. The van der Waals surface area contributed by atoms with E-state index in [0.717, 1.165) is 19.3 Å². The third-order valence-corrected chi connectivity index (χ3v) is 5.35. The fourth-order valence-corrected chi connectivity index (χ4v) is 3.51. The number of benzene rings is 1. The molecule has 2 fully saturated rings. The molecule has 4 rings (SSSR count). The normalized spacial score (nSPS) is 21.5. The molecule has 1 aliphatic heterocycles. The molecule has 142 valence electrons. The van der Waals surface area contributed by atoms with Crippen LogP contribution in [0.2, 0.25) is 0 Å². The van der Waals surface area contributed by atoms with Gasteiger partial charge < -0.3 is 15.3 Å². The van der Waals surface area contributed by atoms with Gasteiger partial charge in [-0.3, -0.25) is 14.4 Å². The molecule has 0 radical (unpaired) electrons. The number of rotatable bonds is 3. The Morgan fingerprint density at radius 2 is 2.11 bits per heavy atom. The Kier molecular flexibility index (Phi) is 4.43. The number of hydrogen-bond donors (Lipinski definition) is 3. The van der Waals surface area contributed by atoms with Crippen molar-refractivity contribution in [2.24, 2.45) is 0 Å². The van der Waals surface area contributed by atoms with E-state index in [1.807, 2.05) is 0 Å². The molecule has 1 aliphatic carbocycles. The van der Waals surface area contributed by atoms with E-state index in [-0.39, 0.29) is 23.4 Å². The second kappa shape index (κ2) is 6.77. The van der Waals surface area contributed by atoms with E-state index < -0.39 is 5.60 Å². The quantitative estimate of drug-likeness (QED) is 0.730. The summed E-state index contributed by atoms with van der Waals surface area (Å²) < 4.78 is 0. The van der Waals surface area contributed by atoms with Crippen molar-refractivity contribution in [2.75, 3.05) is 13.1 Å². The molecule has 0 spiro atoms. The summed E-state index contributed by atoms with van der Waals surface area (Å²) in [6.07, 6.45) is 5.06. The monoisotopic (exact) mass is 370 g/mol. The smallest absolute Gasteiger partial charge is 0.272 e. The lowest BCUT2D eigenvalue weighted by atomic mass is 10.1. The fraction of sp³-hybridized carbons (Fsp3) is 0.474. The van der Waals surface area contributed by atoms with E-state index in [2.05, 4.69) is 15.5 Å². The van der Waals surface area contributed by atoms with Gasteiger partial charge in [0.1, 0.15) is 5.60 Å². The molecule has 2 heterocycles. The number of aromatic amines is 1. The minimum atomic E-state index is -1.21. The largest absolute Gasteiger partial charge is 0.380 e. The van der Waals surface area contributed by atoms with Gasteiger partial charge in [0.2, 0.25) is 0 Å². The van der Waals surface area contributed by atoms with E-state index in [4.69, 9.17) is 0 Å². The highest BCUT2D eigenvalue weighted by Crippen LogP contribution is 2.35. The number of nitrogens with zero attached hydrogens (tertiary/aromatic N) is 2. The standard InChI is InChI=1S/C19H22N4O4/c24-16-15-9-12(4-5-13(15)10-20-22-16)17(25)23-8-2-1-3-14(11-23)21-18(26)19(27)6-7-19/h4-5,9-10,14,27H,1-3,6-8,11H2,(H,21,26)(H,22,24)/t14-/m0/s1. The van der Waals surface area contributed by atoms with Crippen molar-refractivity contribution < 1.29 is 14.7 Å². The maximum absolute atomic E-state index is 13.0. The topological polar surface area (TPSA) is 115 Å². The zero-order chi connectivity index (χ0) is 19.0. The molecule has 1 saturated heterocycles. The van der Waals surface area contributed by atoms with Gasteiger partial charge in [0.15, 0.2) is 0 Å². The predicted octanol–water partition coefficient (Wildman–Crippen LogP) is 0.559. The lowest BCUT2D eigenvalue weighted by Gasteiger charge is -2.26. The highest BCUT2D eigenvalue weighted by atomic mass is 16.3. The van der Waals surface area contributed by atoms with Gasteiger partial charge in [0.25, 0.3) is 17.4 Å². The summed E-state index contributed by atoms with van der Waals surface area (Å²) in [6.45, 7) is 0.992. The SMILES string of the molecule is O=C(c1ccc2cn[nH]c(=O)c2c1)N1CCCC[C@H](NC(=O)C2(O)CC2)C1. The molecule has 0 bridgehead atoms. The zero-order valence-corrected chi connectivity index (χ0v) is 14.9. The van der Waals surface area contributed by atoms with E-state index in [1.54, 1.807) is 29.3 Å². The van der Waals surface area contributed by atoms with E-state index in [1.165, 1.54) is 0 Å². The van der Waals surface area contributed by atoms with Crippen molar-refractivity contribution in [2.45, 2.75) is 43.7 Å². The lowest BCUT2D eigenvalue weighted by Crippen LogP contribution is -2.48. The van der Waals surface area contributed by atoms with Crippen molar-refractivity contribution in [3.05, 3.63) is 40.3 Å². The Bertz CT molecular complexity index is 950. The fourth-order valence-electron chi connectivity index (χ4n) is 3.51. The highest BCUT2D eigenvalue weighted by molar-refractivity contribution is 5.98. The third kappa shape index (κ3) is 3.57. The summed E-state index contributed by atoms with van der Waals surface area (Å²) in [5, 5.41) is 20.1. The lowest BCUT2D eigenvalue weighted by molar-refractivity contribution is -0.132. The molecule has 2 amide bonds. The Hall–Kier alpha value is -2.74. The highest BCUT2D eigenvalue weighted by Gasteiger charge is 2.48. The number of amides is 2. The van der Waals surface area contributed by atoms with Gasteiger partial charge in [0.05, 0.1) is 11.6 Å². The number of nitrogens with one attached hydrogen (secondary N) is 2. The van der Waals surface area contributed by atoms with E-state index in [9.17, 15) is 19.5 Å². The number of likely N-dealkylation sites (tertiary alicyclic amines) is 1. The van der Waals surface area contributed by atoms with Crippen molar-refractivity contribution in [3.8, 4) is 0 Å². The van der Waals surface area contributed by atoms with Crippen LogP contribution in [0.15, 0.2) is 29.2 Å². The maximum atomic E-state index is 13.0. The summed E-state index contributed by atoms with van der Waals surface area (Å²) >= 11 is 0. The van der Waals surface area contributed by atoms with Crippen molar-refractivity contribution in [1.29, 1.82) is 0 Å². The molecule has 2 aromatic rings. The molecule has 8 nitrogen and oxygen atoms in total. The number of aliphatic hydroxyl groups is 1. The second-order valence-electron chi connectivity index (χ2n) is 7.45. The number of carbonyl (C=O) groups excluding carboxylic acids is 2. The van der Waals surface area contributed by atoms with Crippen LogP contribution in [-0.4, -0.2) is 56.8 Å². The van der Waals surface area contributed by atoms with Gasteiger partial charge in [0, 0.05) is 30.1 Å². The van der Waals surface area contributed by atoms with Crippen LogP contribution in [0.25, 0.3) is 10.8 Å². The molecule has 1 saturated carbocycles. The summed E-state index contributed by atoms with van der Waals surface area (Å²) in [7, 11) is 0. The first-order chi connectivity index (χ1) is 13.0. The Balaban J connectivity index is 1.52. The number of aromatic nitrogens is 2. The minimum absolute atomic E-state index is 0.167. The van der Waals surface area contributed by atoms with Crippen LogP contribution in [0.4, 0.5) is 0 Å². The Morgan fingerprint density at radius 3 is 2.89 bits per heavy atom. The first-order valence-corrected chi connectivity index (χ1v) is 9.26. The molecule has 0 unspecified atom stereocenters. The summed E-state index contributed by atoms with van der Waals surface area (Å²) in [6, 6.07) is 4.81. The number of carbonyl (C=O) groups is 2.